The molecule has 0 saturated heterocycles. The summed E-state index contributed by atoms with van der Waals surface area (Å²) in [5.74, 6) is 0.423. The summed E-state index contributed by atoms with van der Waals surface area (Å²) in [5.41, 5.74) is -2.12. The fraction of sp³-hybridized carbons (Fsp3) is 0.250. The molecular weight excluding hydrogens is 465 g/mol. The van der Waals surface area contributed by atoms with Crippen LogP contribution in [0.1, 0.15) is 22.3 Å². The Morgan fingerprint density at radius 3 is 2.40 bits per heavy atom. The maximum absolute atomic E-state index is 13.3. The van der Waals surface area contributed by atoms with Gasteiger partial charge in [-0.2, -0.15) is 18.4 Å². The van der Waals surface area contributed by atoms with Gasteiger partial charge in [0.05, 0.1) is 25.5 Å². The summed E-state index contributed by atoms with van der Waals surface area (Å²) in [6.45, 7) is 1.32. The number of aromatic hydroxyl groups is 1. The molecule has 1 aromatic heterocycles. The Labute approximate surface area is 198 Å². The molecule has 0 aliphatic heterocycles. The molecule has 11 heteroatoms. The van der Waals surface area contributed by atoms with E-state index in [-0.39, 0.29) is 29.8 Å². The standard InChI is InChI=1S/C24H21F3N4O4/c1-14-16(13-28)22(32)31(11-10-15-8-9-19(34-2)20(12-15)35-3)23(33)21(14)30-29-18-7-5-4-6-17(18)24(25,26)27/h4-9,12,32H,10-11H2,1-3H3. The minimum Gasteiger partial charge on any atom is -0.493 e. The highest BCUT2D eigenvalue weighted by Gasteiger charge is 2.33. The number of halogens is 3. The Bertz CT molecular complexity index is 1370. The van der Waals surface area contributed by atoms with Crippen LogP contribution in [-0.2, 0) is 19.1 Å². The van der Waals surface area contributed by atoms with Crippen LogP contribution in [0.3, 0.4) is 0 Å². The highest BCUT2D eigenvalue weighted by Crippen LogP contribution is 2.37. The molecule has 0 bridgehead atoms. The van der Waals surface area contributed by atoms with Crippen LogP contribution in [0, 0.1) is 18.3 Å². The summed E-state index contributed by atoms with van der Waals surface area (Å²) in [6, 6.07) is 11.5. The van der Waals surface area contributed by atoms with Crippen molar-refractivity contribution in [3.05, 3.63) is 75.1 Å². The number of pyridine rings is 1. The largest absolute Gasteiger partial charge is 0.493 e. The van der Waals surface area contributed by atoms with Gasteiger partial charge in [-0.25, -0.2) is 0 Å². The minimum absolute atomic E-state index is 0.00519. The number of nitriles is 1. The van der Waals surface area contributed by atoms with Crippen molar-refractivity contribution in [3.63, 3.8) is 0 Å². The van der Waals surface area contributed by atoms with Crippen molar-refractivity contribution < 1.29 is 27.8 Å². The van der Waals surface area contributed by atoms with E-state index < -0.39 is 28.9 Å². The molecule has 0 atom stereocenters. The number of azo groups is 1. The lowest BCUT2D eigenvalue weighted by atomic mass is 10.1. The predicted molar refractivity (Wildman–Crippen MR) is 121 cm³/mol. The lowest BCUT2D eigenvalue weighted by molar-refractivity contribution is -0.137. The molecule has 0 amide bonds. The van der Waals surface area contributed by atoms with Crippen LogP contribution in [0.2, 0.25) is 0 Å². The molecule has 3 aromatic rings. The third kappa shape index (κ3) is 5.27. The number of benzene rings is 2. The van der Waals surface area contributed by atoms with E-state index in [2.05, 4.69) is 10.2 Å². The number of methoxy groups -OCH3 is 2. The molecular formula is C24H21F3N4O4. The average molecular weight is 486 g/mol. The molecule has 0 saturated carbocycles. The number of aromatic nitrogens is 1. The number of aryl methyl sites for hydroxylation is 1. The van der Waals surface area contributed by atoms with Gasteiger partial charge in [0, 0.05) is 12.1 Å². The van der Waals surface area contributed by atoms with E-state index in [9.17, 15) is 28.3 Å². The summed E-state index contributed by atoms with van der Waals surface area (Å²) in [6.07, 6.45) is -4.41. The molecule has 0 fully saturated rings. The maximum atomic E-state index is 13.3. The summed E-state index contributed by atoms with van der Waals surface area (Å²) in [7, 11) is 2.97. The molecule has 8 nitrogen and oxygen atoms in total. The van der Waals surface area contributed by atoms with E-state index in [0.29, 0.717) is 11.5 Å². The van der Waals surface area contributed by atoms with Crippen molar-refractivity contribution in [1.29, 1.82) is 5.26 Å². The maximum Gasteiger partial charge on any atom is 0.418 e. The van der Waals surface area contributed by atoms with E-state index in [1.807, 2.05) is 6.07 Å². The fourth-order valence-electron chi connectivity index (χ4n) is 3.45. The Balaban J connectivity index is 2.03. The van der Waals surface area contributed by atoms with E-state index in [1.54, 1.807) is 18.2 Å². The van der Waals surface area contributed by atoms with Gasteiger partial charge in [0.2, 0.25) is 5.88 Å². The van der Waals surface area contributed by atoms with Gasteiger partial charge in [-0.05, 0) is 43.2 Å². The van der Waals surface area contributed by atoms with Crippen LogP contribution >= 0.6 is 0 Å². The van der Waals surface area contributed by atoms with Gasteiger partial charge in [0.1, 0.15) is 11.6 Å². The van der Waals surface area contributed by atoms with E-state index in [0.717, 1.165) is 22.3 Å². The number of alkyl halides is 3. The summed E-state index contributed by atoms with van der Waals surface area (Å²) >= 11 is 0. The van der Waals surface area contributed by atoms with E-state index in [4.69, 9.17) is 9.47 Å². The molecule has 182 valence electrons. The first-order valence-electron chi connectivity index (χ1n) is 10.3. The van der Waals surface area contributed by atoms with Crippen molar-refractivity contribution in [2.75, 3.05) is 14.2 Å². The SMILES string of the molecule is COc1ccc(CCn2c(O)c(C#N)c(C)c(N=Nc3ccccc3C(F)(F)F)c2=O)cc1OC. The molecule has 0 aliphatic carbocycles. The zero-order valence-corrected chi connectivity index (χ0v) is 19.1. The number of ether oxygens (including phenoxy) is 2. The predicted octanol–water partition coefficient (Wildman–Crippen LogP) is 5.43. The monoisotopic (exact) mass is 486 g/mol. The summed E-state index contributed by atoms with van der Waals surface area (Å²) in [4.78, 5) is 13.1. The minimum atomic E-state index is -4.67. The van der Waals surface area contributed by atoms with Gasteiger partial charge in [0.15, 0.2) is 17.2 Å². The smallest absolute Gasteiger partial charge is 0.418 e. The highest BCUT2D eigenvalue weighted by molar-refractivity contribution is 5.57. The van der Waals surface area contributed by atoms with E-state index >= 15 is 0 Å². The number of rotatable bonds is 7. The molecule has 0 spiro atoms. The average Bonchev–Trinajstić information content (AvgIpc) is 2.83. The molecule has 0 radical (unpaired) electrons. The molecule has 35 heavy (non-hydrogen) atoms. The van der Waals surface area contributed by atoms with Crippen LogP contribution < -0.4 is 15.0 Å². The first-order valence-corrected chi connectivity index (χ1v) is 10.3. The van der Waals surface area contributed by atoms with Crippen LogP contribution in [0.4, 0.5) is 24.5 Å². The molecule has 1 heterocycles. The Morgan fingerprint density at radius 1 is 1.09 bits per heavy atom. The third-order valence-corrected chi connectivity index (χ3v) is 5.31. The van der Waals surface area contributed by atoms with Gasteiger partial charge in [-0.3, -0.25) is 9.36 Å². The second kappa shape index (κ2) is 10.3. The number of hydrogen-bond donors (Lipinski definition) is 1. The van der Waals surface area contributed by atoms with Crippen LogP contribution in [-0.4, -0.2) is 23.9 Å². The van der Waals surface area contributed by atoms with Gasteiger partial charge in [-0.15, -0.1) is 10.2 Å². The summed E-state index contributed by atoms with van der Waals surface area (Å²) in [5, 5.41) is 27.5. The normalized spacial score (nSPS) is 11.5. The lowest BCUT2D eigenvalue weighted by Gasteiger charge is -2.14. The zero-order chi connectivity index (χ0) is 25.8. The van der Waals surface area contributed by atoms with Gasteiger partial charge >= 0.3 is 6.18 Å². The van der Waals surface area contributed by atoms with Crippen molar-refractivity contribution >= 4 is 11.4 Å². The Hall–Kier alpha value is -4.33. The first kappa shape index (κ1) is 25.3. The zero-order valence-electron chi connectivity index (χ0n) is 19.1. The third-order valence-electron chi connectivity index (χ3n) is 5.31. The molecule has 1 N–H and O–H groups in total. The van der Waals surface area contributed by atoms with Crippen molar-refractivity contribution in [2.24, 2.45) is 10.2 Å². The second-order valence-corrected chi connectivity index (χ2v) is 7.40. The van der Waals surface area contributed by atoms with Crippen molar-refractivity contribution in [3.8, 4) is 23.4 Å². The topological polar surface area (TPSA) is 109 Å². The van der Waals surface area contributed by atoms with Crippen LogP contribution in [0.25, 0.3) is 0 Å². The summed E-state index contributed by atoms with van der Waals surface area (Å²) < 4.78 is 51.2. The highest BCUT2D eigenvalue weighted by atomic mass is 19.4. The fourth-order valence-corrected chi connectivity index (χ4v) is 3.45. The van der Waals surface area contributed by atoms with Crippen LogP contribution in [0.15, 0.2) is 57.5 Å². The first-order chi connectivity index (χ1) is 16.6. The van der Waals surface area contributed by atoms with Gasteiger partial charge in [0.25, 0.3) is 5.56 Å². The van der Waals surface area contributed by atoms with Gasteiger partial charge < -0.3 is 14.6 Å². The van der Waals surface area contributed by atoms with E-state index in [1.165, 1.54) is 33.3 Å². The Morgan fingerprint density at radius 2 is 1.77 bits per heavy atom. The Kier molecular flexibility index (Phi) is 7.44. The second-order valence-electron chi connectivity index (χ2n) is 7.40. The van der Waals surface area contributed by atoms with Crippen LogP contribution in [0.5, 0.6) is 17.4 Å². The quantitative estimate of drug-likeness (QED) is 0.448. The number of hydrogen-bond acceptors (Lipinski definition) is 7. The molecule has 3 rings (SSSR count). The van der Waals surface area contributed by atoms with Crippen molar-refractivity contribution in [1.82, 2.24) is 4.57 Å². The number of nitrogens with zero attached hydrogens (tertiary/aromatic N) is 4. The molecule has 2 aromatic carbocycles. The lowest BCUT2D eigenvalue weighted by Crippen LogP contribution is -2.23. The molecule has 0 unspecified atom stereocenters. The van der Waals surface area contributed by atoms with Crippen molar-refractivity contribution in [2.45, 2.75) is 26.1 Å². The molecule has 0 aliphatic rings. The van der Waals surface area contributed by atoms with Gasteiger partial charge in [-0.1, -0.05) is 18.2 Å².